The lowest BCUT2D eigenvalue weighted by atomic mass is 9.90. The smallest absolute Gasteiger partial charge is 0.339 e. The average Bonchev–Trinajstić information content (AvgIpc) is 3.46. The van der Waals surface area contributed by atoms with Gasteiger partial charge in [-0.05, 0) is 66.2 Å². The van der Waals surface area contributed by atoms with Gasteiger partial charge in [-0.1, -0.05) is 60.1 Å². The third-order valence-corrected chi connectivity index (χ3v) is 8.18. The first-order valence-electron chi connectivity index (χ1n) is 12.1. The van der Waals surface area contributed by atoms with Crippen LogP contribution >= 0.6 is 11.6 Å². The standard InChI is InChI=1S/C29H21ClN2O6S/c30-20-13-15-21(16-14-20)31-28(33)25-26(32(37-27(25)29(31)34)22-7-3-1-4-8-22)19-11-17-23(18-12-19)38-39(35,36)24-9-5-2-6-10-24/h1-18,25-27H/t25-,26+,27-/m1/s1. The Kier molecular flexibility index (Phi) is 6.34. The number of anilines is 2. The van der Waals surface area contributed by atoms with E-state index >= 15 is 0 Å². The van der Waals surface area contributed by atoms with E-state index in [4.69, 9.17) is 20.6 Å². The van der Waals surface area contributed by atoms with Crippen molar-refractivity contribution in [2.24, 2.45) is 5.92 Å². The molecule has 0 aromatic heterocycles. The summed E-state index contributed by atoms with van der Waals surface area (Å²) in [5, 5.41) is 2.06. The van der Waals surface area contributed by atoms with Crippen molar-refractivity contribution in [1.82, 2.24) is 0 Å². The molecule has 2 amide bonds. The molecule has 2 aliphatic rings. The van der Waals surface area contributed by atoms with Gasteiger partial charge in [0.15, 0.2) is 6.10 Å². The number of hydrogen-bond acceptors (Lipinski definition) is 7. The molecule has 2 saturated heterocycles. The molecule has 39 heavy (non-hydrogen) atoms. The summed E-state index contributed by atoms with van der Waals surface area (Å²) in [4.78, 5) is 34.4. The number of carbonyl (C=O) groups is 2. The fourth-order valence-electron chi connectivity index (χ4n) is 4.88. The molecule has 8 nitrogen and oxygen atoms in total. The van der Waals surface area contributed by atoms with Crippen LogP contribution in [-0.4, -0.2) is 26.3 Å². The molecule has 2 aliphatic heterocycles. The van der Waals surface area contributed by atoms with Crippen molar-refractivity contribution >= 4 is 44.9 Å². The van der Waals surface area contributed by atoms with E-state index in [0.717, 1.165) is 4.90 Å². The Labute approximate surface area is 230 Å². The van der Waals surface area contributed by atoms with Crippen LogP contribution in [0.15, 0.2) is 114 Å². The summed E-state index contributed by atoms with van der Waals surface area (Å²) in [7, 11) is -4.02. The molecule has 2 fully saturated rings. The summed E-state index contributed by atoms with van der Waals surface area (Å²) in [6, 6.07) is 29.2. The van der Waals surface area contributed by atoms with Gasteiger partial charge in [0.2, 0.25) is 5.91 Å². The van der Waals surface area contributed by atoms with Crippen LogP contribution in [0.2, 0.25) is 5.02 Å². The van der Waals surface area contributed by atoms with Crippen molar-refractivity contribution in [2.45, 2.75) is 17.0 Å². The minimum absolute atomic E-state index is 0.0359. The summed E-state index contributed by atoms with van der Waals surface area (Å²) >= 11 is 6.00. The average molecular weight is 561 g/mol. The van der Waals surface area contributed by atoms with E-state index in [-0.39, 0.29) is 10.6 Å². The number of para-hydroxylation sites is 1. The largest absolute Gasteiger partial charge is 0.379 e. The Balaban J connectivity index is 1.34. The van der Waals surface area contributed by atoms with Crippen molar-refractivity contribution in [2.75, 3.05) is 9.96 Å². The maximum atomic E-state index is 13.7. The highest BCUT2D eigenvalue weighted by atomic mass is 35.5. The maximum absolute atomic E-state index is 13.7. The van der Waals surface area contributed by atoms with Gasteiger partial charge in [0.25, 0.3) is 5.91 Å². The minimum Gasteiger partial charge on any atom is -0.379 e. The molecular weight excluding hydrogens is 540 g/mol. The van der Waals surface area contributed by atoms with Gasteiger partial charge in [-0.25, -0.2) is 9.96 Å². The zero-order valence-electron chi connectivity index (χ0n) is 20.3. The second kappa shape index (κ2) is 9.85. The molecule has 4 aromatic carbocycles. The Hall–Kier alpha value is -4.18. The number of halogens is 1. The molecule has 4 aromatic rings. The van der Waals surface area contributed by atoms with Crippen LogP contribution in [0.3, 0.4) is 0 Å². The van der Waals surface area contributed by atoms with E-state index in [1.54, 1.807) is 59.7 Å². The molecule has 3 atom stereocenters. The predicted molar refractivity (Wildman–Crippen MR) is 145 cm³/mol. The normalized spacial score (nSPS) is 20.8. The Morgan fingerprint density at radius 2 is 1.33 bits per heavy atom. The van der Waals surface area contributed by atoms with Gasteiger partial charge in [-0.2, -0.15) is 8.42 Å². The number of carbonyl (C=O) groups excluding carboxylic acids is 2. The highest BCUT2D eigenvalue weighted by Crippen LogP contribution is 2.47. The molecule has 10 heteroatoms. The van der Waals surface area contributed by atoms with Crippen LogP contribution in [0, 0.1) is 5.92 Å². The molecule has 0 radical (unpaired) electrons. The summed E-state index contributed by atoms with van der Waals surface area (Å²) in [5.74, 6) is -1.60. The molecule has 0 aliphatic carbocycles. The Bertz CT molecular complexity index is 1630. The highest BCUT2D eigenvalue weighted by Gasteiger charge is 2.60. The summed E-state index contributed by atoms with van der Waals surface area (Å²) in [5.41, 5.74) is 1.73. The van der Waals surface area contributed by atoms with E-state index in [2.05, 4.69) is 0 Å². The number of benzene rings is 4. The number of fused-ring (bicyclic) bond motifs is 1. The summed E-state index contributed by atoms with van der Waals surface area (Å²) < 4.78 is 30.6. The summed E-state index contributed by atoms with van der Waals surface area (Å²) in [6.07, 6.45) is -1.03. The Morgan fingerprint density at radius 1 is 0.718 bits per heavy atom. The van der Waals surface area contributed by atoms with Crippen LogP contribution in [0.25, 0.3) is 0 Å². The van der Waals surface area contributed by atoms with Crippen molar-refractivity contribution in [3.63, 3.8) is 0 Å². The Morgan fingerprint density at radius 3 is 1.97 bits per heavy atom. The number of nitrogens with zero attached hydrogens (tertiary/aromatic N) is 2. The summed E-state index contributed by atoms with van der Waals surface area (Å²) in [6.45, 7) is 0. The van der Waals surface area contributed by atoms with E-state index in [1.165, 1.54) is 24.3 Å². The number of rotatable bonds is 6. The SMILES string of the molecule is O=C1[C@H]2[C@@H](ON(c3ccccc3)[C@H]2c2ccc(OS(=O)(=O)c3ccccc3)cc2)C(=O)N1c1ccc(Cl)cc1. The van der Waals surface area contributed by atoms with Gasteiger partial charge in [-0.15, -0.1) is 0 Å². The van der Waals surface area contributed by atoms with Crippen molar-refractivity contribution in [1.29, 1.82) is 0 Å². The van der Waals surface area contributed by atoms with Gasteiger partial charge in [-0.3, -0.25) is 14.4 Å². The zero-order valence-corrected chi connectivity index (χ0v) is 21.8. The lowest BCUT2D eigenvalue weighted by molar-refractivity contribution is -0.126. The molecule has 0 unspecified atom stereocenters. The van der Waals surface area contributed by atoms with Crippen LogP contribution in [0.5, 0.6) is 5.75 Å². The van der Waals surface area contributed by atoms with E-state index in [0.29, 0.717) is 22.0 Å². The molecule has 0 N–H and O–H groups in total. The fourth-order valence-corrected chi connectivity index (χ4v) is 5.96. The third-order valence-electron chi connectivity index (χ3n) is 6.67. The molecule has 196 valence electrons. The zero-order chi connectivity index (χ0) is 27.1. The van der Waals surface area contributed by atoms with E-state index < -0.39 is 40.0 Å². The first-order chi connectivity index (χ1) is 18.8. The second-order valence-electron chi connectivity index (χ2n) is 9.07. The van der Waals surface area contributed by atoms with Gasteiger partial charge < -0.3 is 4.18 Å². The first-order valence-corrected chi connectivity index (χ1v) is 13.9. The second-order valence-corrected chi connectivity index (χ2v) is 11.0. The molecular formula is C29H21ClN2O6S. The highest BCUT2D eigenvalue weighted by molar-refractivity contribution is 7.87. The minimum atomic E-state index is -4.02. The van der Waals surface area contributed by atoms with Crippen molar-refractivity contribution < 1.29 is 27.0 Å². The van der Waals surface area contributed by atoms with Crippen LogP contribution in [0.1, 0.15) is 11.6 Å². The molecule has 2 heterocycles. The van der Waals surface area contributed by atoms with Gasteiger partial charge >= 0.3 is 10.1 Å². The number of hydrogen-bond donors (Lipinski definition) is 0. The van der Waals surface area contributed by atoms with Gasteiger partial charge in [0, 0.05) is 5.02 Å². The van der Waals surface area contributed by atoms with Crippen LogP contribution < -0.4 is 14.1 Å². The third kappa shape index (κ3) is 4.54. The lowest BCUT2D eigenvalue weighted by Gasteiger charge is -2.28. The number of amides is 2. The molecule has 0 bridgehead atoms. The first kappa shape index (κ1) is 25.1. The topological polar surface area (TPSA) is 93.2 Å². The van der Waals surface area contributed by atoms with Crippen LogP contribution in [0.4, 0.5) is 11.4 Å². The monoisotopic (exact) mass is 560 g/mol. The van der Waals surface area contributed by atoms with Gasteiger partial charge in [0.1, 0.15) is 16.6 Å². The predicted octanol–water partition coefficient (Wildman–Crippen LogP) is 5.16. The van der Waals surface area contributed by atoms with E-state index in [1.807, 2.05) is 30.3 Å². The van der Waals surface area contributed by atoms with Crippen LogP contribution in [-0.2, 0) is 24.5 Å². The fraction of sp³-hybridized carbons (Fsp3) is 0.103. The number of imide groups is 1. The molecule has 6 rings (SSSR count). The lowest BCUT2D eigenvalue weighted by Crippen LogP contribution is -2.37. The number of hydroxylamine groups is 1. The van der Waals surface area contributed by atoms with Gasteiger partial charge in [0.05, 0.1) is 17.4 Å². The van der Waals surface area contributed by atoms with Crippen molar-refractivity contribution in [3.05, 3.63) is 120 Å². The van der Waals surface area contributed by atoms with Crippen molar-refractivity contribution in [3.8, 4) is 5.75 Å². The quantitative estimate of drug-likeness (QED) is 0.237. The molecule has 0 saturated carbocycles. The maximum Gasteiger partial charge on any atom is 0.339 e. The van der Waals surface area contributed by atoms with E-state index in [9.17, 15) is 18.0 Å². The molecule has 0 spiro atoms.